The number of aromatic nitrogens is 1. The van der Waals surface area contributed by atoms with Crippen molar-refractivity contribution >= 4 is 21.6 Å². The first-order valence-corrected chi connectivity index (χ1v) is 11.0. The van der Waals surface area contributed by atoms with Gasteiger partial charge in [0.1, 0.15) is 0 Å². The second-order valence-corrected chi connectivity index (χ2v) is 10.7. The molecule has 0 aliphatic heterocycles. The van der Waals surface area contributed by atoms with Gasteiger partial charge in [-0.05, 0) is 29.9 Å². The molecular weight excluding hydrogens is 392 g/mol. The average molecular weight is 421 g/mol. The van der Waals surface area contributed by atoms with E-state index in [2.05, 4.69) is 27.7 Å². The highest BCUT2D eigenvalue weighted by atomic mass is 32.2. The van der Waals surface area contributed by atoms with E-state index in [0.717, 1.165) is 12.8 Å². The van der Waals surface area contributed by atoms with Crippen LogP contribution in [-0.4, -0.2) is 24.2 Å². The van der Waals surface area contributed by atoms with Gasteiger partial charge in [-0.3, -0.25) is 4.79 Å². The number of carbonyl (C=O) groups is 1. The minimum atomic E-state index is -4.07. The predicted molar refractivity (Wildman–Crippen MR) is 113 cm³/mol. The number of hydrogen-bond acceptors (Lipinski definition) is 5. The molecule has 1 aliphatic rings. The van der Waals surface area contributed by atoms with Gasteiger partial charge in [0.05, 0.1) is 11.4 Å². The molecule has 3 N–H and O–H groups in total. The summed E-state index contributed by atoms with van der Waals surface area (Å²) in [5.74, 6) is -0.489. The molecule has 1 aromatic heterocycles. The SMILES string of the molecule is CC(C)(C)C.Nc1cc(C2CC2)n(C(=O)O)c(=O)c1S(=O)(=O)Cc1ccccc1. The summed E-state index contributed by atoms with van der Waals surface area (Å²) in [4.78, 5) is 23.3. The lowest BCUT2D eigenvalue weighted by molar-refractivity contribution is 0.194. The van der Waals surface area contributed by atoms with Gasteiger partial charge >= 0.3 is 6.09 Å². The monoisotopic (exact) mass is 420 g/mol. The van der Waals surface area contributed by atoms with E-state index in [4.69, 9.17) is 5.73 Å². The van der Waals surface area contributed by atoms with E-state index in [1.54, 1.807) is 30.3 Å². The first-order chi connectivity index (χ1) is 13.3. The zero-order valence-corrected chi connectivity index (χ0v) is 18.0. The van der Waals surface area contributed by atoms with Crippen molar-refractivity contribution in [3.05, 3.63) is 58.0 Å². The number of sulfone groups is 1. The molecule has 0 radical (unpaired) electrons. The molecule has 2 aromatic rings. The van der Waals surface area contributed by atoms with Gasteiger partial charge in [-0.25, -0.2) is 17.8 Å². The van der Waals surface area contributed by atoms with E-state index in [9.17, 15) is 23.1 Å². The maximum absolute atomic E-state index is 12.6. The van der Waals surface area contributed by atoms with Crippen LogP contribution in [0, 0.1) is 5.41 Å². The summed E-state index contributed by atoms with van der Waals surface area (Å²) in [6, 6.07) is 9.63. The van der Waals surface area contributed by atoms with Crippen LogP contribution in [-0.2, 0) is 15.6 Å². The molecule has 0 unspecified atom stereocenters. The number of nitrogen functional groups attached to an aromatic ring is 1. The molecule has 29 heavy (non-hydrogen) atoms. The summed E-state index contributed by atoms with van der Waals surface area (Å²) in [6.45, 7) is 8.75. The van der Waals surface area contributed by atoms with Gasteiger partial charge in [-0.15, -0.1) is 0 Å². The molecule has 8 heteroatoms. The number of pyridine rings is 1. The zero-order valence-electron chi connectivity index (χ0n) is 17.2. The van der Waals surface area contributed by atoms with Crippen LogP contribution < -0.4 is 11.3 Å². The number of anilines is 1. The fourth-order valence-electron chi connectivity index (χ4n) is 2.69. The fourth-order valence-corrected chi connectivity index (χ4v) is 4.24. The molecule has 3 rings (SSSR count). The minimum Gasteiger partial charge on any atom is -0.464 e. The van der Waals surface area contributed by atoms with Gasteiger partial charge in [0.25, 0.3) is 5.56 Å². The van der Waals surface area contributed by atoms with E-state index in [1.807, 2.05) is 0 Å². The van der Waals surface area contributed by atoms with Crippen molar-refractivity contribution in [2.45, 2.75) is 57.1 Å². The van der Waals surface area contributed by atoms with Crippen LogP contribution in [0.15, 0.2) is 46.1 Å². The van der Waals surface area contributed by atoms with Crippen LogP contribution in [0.1, 0.15) is 57.7 Å². The molecule has 158 valence electrons. The molecule has 1 heterocycles. The van der Waals surface area contributed by atoms with Gasteiger partial charge in [0, 0.05) is 11.6 Å². The normalized spacial score (nSPS) is 14.1. The van der Waals surface area contributed by atoms with Gasteiger partial charge in [-0.2, -0.15) is 0 Å². The Labute approximate surface area is 171 Å². The first-order valence-electron chi connectivity index (χ1n) is 9.36. The molecule has 0 spiro atoms. The number of benzene rings is 1. The lowest BCUT2D eigenvalue weighted by Gasteiger charge is -2.13. The number of nitrogens with two attached hydrogens (primary N) is 1. The first kappa shape index (κ1) is 22.7. The van der Waals surface area contributed by atoms with Crippen molar-refractivity contribution in [2.75, 3.05) is 5.73 Å². The molecular formula is C21H28N2O5S. The standard InChI is InChI=1S/C16H16N2O5S.C5H12/c17-12-8-13(11-6-7-11)18(16(20)21)15(19)14(12)24(22,23)9-10-4-2-1-3-5-10;1-5(2,3)4/h1-5,8,11H,6-7,9,17H2,(H,20,21);1-4H3. The Morgan fingerprint density at radius 2 is 1.69 bits per heavy atom. The lowest BCUT2D eigenvalue weighted by atomic mass is 10.0. The molecule has 1 aromatic carbocycles. The van der Waals surface area contributed by atoms with Crippen LogP contribution in [0.4, 0.5) is 10.5 Å². The Hall–Kier alpha value is -2.61. The van der Waals surface area contributed by atoms with E-state index in [-0.39, 0.29) is 17.3 Å². The van der Waals surface area contributed by atoms with Crippen molar-refractivity contribution in [3.63, 3.8) is 0 Å². The number of carboxylic acid groups (broad SMARTS) is 1. The lowest BCUT2D eigenvalue weighted by Crippen LogP contribution is -2.34. The second kappa shape index (κ2) is 8.41. The zero-order chi connectivity index (χ0) is 22.0. The Morgan fingerprint density at radius 3 is 2.14 bits per heavy atom. The highest BCUT2D eigenvalue weighted by molar-refractivity contribution is 7.90. The van der Waals surface area contributed by atoms with Crippen molar-refractivity contribution in [2.24, 2.45) is 5.41 Å². The van der Waals surface area contributed by atoms with Crippen LogP contribution in [0.3, 0.4) is 0 Å². The van der Waals surface area contributed by atoms with Gasteiger partial charge < -0.3 is 10.8 Å². The molecule has 0 saturated heterocycles. The summed E-state index contributed by atoms with van der Waals surface area (Å²) in [6.07, 6.45) is 0.00271. The predicted octanol–water partition coefficient (Wildman–Crippen LogP) is 3.86. The smallest absolute Gasteiger partial charge is 0.418 e. The van der Waals surface area contributed by atoms with Crippen LogP contribution in [0.25, 0.3) is 0 Å². The maximum Gasteiger partial charge on any atom is 0.418 e. The third kappa shape index (κ3) is 6.19. The Bertz CT molecular complexity index is 1040. The molecule has 7 nitrogen and oxygen atoms in total. The topological polar surface area (TPSA) is 119 Å². The van der Waals surface area contributed by atoms with Crippen molar-refractivity contribution in [1.82, 2.24) is 4.57 Å². The Morgan fingerprint density at radius 1 is 1.17 bits per heavy atom. The van der Waals surface area contributed by atoms with E-state index in [1.165, 1.54) is 6.07 Å². The molecule has 0 bridgehead atoms. The van der Waals surface area contributed by atoms with Crippen molar-refractivity contribution < 1.29 is 18.3 Å². The van der Waals surface area contributed by atoms with Crippen molar-refractivity contribution in [1.29, 1.82) is 0 Å². The fraction of sp³-hybridized carbons (Fsp3) is 0.429. The van der Waals surface area contributed by atoms with Gasteiger partial charge in [0.2, 0.25) is 0 Å². The Kier molecular flexibility index (Phi) is 6.57. The number of nitrogens with zero attached hydrogens (tertiary/aromatic N) is 1. The van der Waals surface area contributed by atoms with Crippen LogP contribution >= 0.6 is 0 Å². The van der Waals surface area contributed by atoms with Crippen LogP contribution in [0.5, 0.6) is 0 Å². The van der Waals surface area contributed by atoms with E-state index in [0.29, 0.717) is 15.5 Å². The number of rotatable bonds is 4. The highest BCUT2D eigenvalue weighted by Gasteiger charge is 2.33. The molecule has 1 aliphatic carbocycles. The maximum atomic E-state index is 12.6. The summed E-state index contributed by atoms with van der Waals surface area (Å²) in [5, 5.41) is 9.32. The molecule has 0 amide bonds. The largest absolute Gasteiger partial charge is 0.464 e. The Balaban J connectivity index is 0.000000537. The van der Waals surface area contributed by atoms with E-state index >= 15 is 0 Å². The minimum absolute atomic E-state index is 0.0676. The quantitative estimate of drug-likeness (QED) is 0.775. The molecule has 1 fully saturated rings. The second-order valence-electron chi connectivity index (χ2n) is 8.80. The third-order valence-corrected chi connectivity index (χ3v) is 5.66. The number of hydrogen-bond donors (Lipinski definition) is 2. The summed E-state index contributed by atoms with van der Waals surface area (Å²) in [5.41, 5.74) is 5.76. The average Bonchev–Trinajstić information content (AvgIpc) is 3.37. The van der Waals surface area contributed by atoms with E-state index < -0.39 is 32.1 Å². The van der Waals surface area contributed by atoms with Gasteiger partial charge in [-0.1, -0.05) is 58.0 Å². The molecule has 1 saturated carbocycles. The van der Waals surface area contributed by atoms with Gasteiger partial charge in [0.15, 0.2) is 14.7 Å². The van der Waals surface area contributed by atoms with Crippen LogP contribution in [0.2, 0.25) is 0 Å². The molecule has 0 atom stereocenters. The summed E-state index contributed by atoms with van der Waals surface area (Å²) >= 11 is 0. The van der Waals surface area contributed by atoms with Crippen molar-refractivity contribution in [3.8, 4) is 0 Å². The highest BCUT2D eigenvalue weighted by Crippen LogP contribution is 2.40. The summed E-state index contributed by atoms with van der Waals surface area (Å²) in [7, 11) is -4.07. The third-order valence-electron chi connectivity index (χ3n) is 3.92. The summed E-state index contributed by atoms with van der Waals surface area (Å²) < 4.78 is 25.8.